The maximum atomic E-state index is 6.31. The van der Waals surface area contributed by atoms with Crippen LogP contribution in [0.2, 0.25) is 0 Å². The van der Waals surface area contributed by atoms with E-state index in [0.29, 0.717) is 0 Å². The first-order valence-corrected chi connectivity index (χ1v) is 8.30. The molecule has 5 heteroatoms. The fourth-order valence-electron chi connectivity index (χ4n) is 2.31. The third-order valence-corrected chi connectivity index (χ3v) is 5.09. The lowest BCUT2D eigenvalue weighted by Gasteiger charge is -2.13. The fourth-order valence-corrected chi connectivity index (χ4v) is 3.53. The van der Waals surface area contributed by atoms with Crippen LogP contribution in [-0.4, -0.2) is 15.8 Å². The first-order chi connectivity index (χ1) is 9.52. The summed E-state index contributed by atoms with van der Waals surface area (Å²) in [7, 11) is 1.98. The minimum Gasteiger partial charge on any atom is -0.327 e. The van der Waals surface area contributed by atoms with Crippen LogP contribution in [0.15, 0.2) is 33.2 Å². The Morgan fingerprint density at radius 1 is 1.25 bits per heavy atom. The molecule has 0 saturated heterocycles. The van der Waals surface area contributed by atoms with Crippen LogP contribution in [0.4, 0.5) is 0 Å². The molecule has 2 rings (SSSR count). The second-order valence-corrected chi connectivity index (χ2v) is 6.59. The summed E-state index contributed by atoms with van der Waals surface area (Å²) in [6.45, 7) is 2.11. The van der Waals surface area contributed by atoms with Crippen LogP contribution in [0.5, 0.6) is 0 Å². The van der Waals surface area contributed by atoms with Crippen molar-refractivity contribution in [1.29, 1.82) is 0 Å². The summed E-state index contributed by atoms with van der Waals surface area (Å²) < 4.78 is 4.15. The van der Waals surface area contributed by atoms with Gasteiger partial charge in [0.25, 0.3) is 0 Å². The zero-order chi connectivity index (χ0) is 14.7. The summed E-state index contributed by atoms with van der Waals surface area (Å²) in [5, 5.41) is 4.51. The molecule has 1 unspecified atom stereocenters. The Morgan fingerprint density at radius 3 is 2.55 bits per heavy atom. The maximum absolute atomic E-state index is 6.31. The third-order valence-electron chi connectivity index (χ3n) is 3.40. The van der Waals surface area contributed by atoms with Crippen molar-refractivity contribution in [1.82, 2.24) is 9.78 Å². The first kappa shape index (κ1) is 15.7. The van der Waals surface area contributed by atoms with Crippen LogP contribution in [-0.2, 0) is 26.3 Å². The number of hydrogen-bond donors (Lipinski definition) is 1. The summed E-state index contributed by atoms with van der Waals surface area (Å²) in [6, 6.07) is 8.30. The number of aromatic nitrogens is 2. The topological polar surface area (TPSA) is 43.8 Å². The molecule has 2 aromatic rings. The standard InChI is InChI=1S/C15H19Br2N3/c1-3-13-15(17)14(20(2)19-13)9-11(18)8-10-6-4-5-7-12(10)16/h4-7,11H,3,8-9,18H2,1-2H3. The molecule has 0 radical (unpaired) electrons. The molecule has 1 heterocycles. The van der Waals surface area contributed by atoms with Crippen molar-refractivity contribution in [3.8, 4) is 0 Å². The SMILES string of the molecule is CCc1nn(C)c(CC(N)Cc2ccccc2Br)c1Br. The summed E-state index contributed by atoms with van der Waals surface area (Å²) >= 11 is 7.21. The average Bonchev–Trinajstić information content (AvgIpc) is 2.69. The molecule has 1 aromatic carbocycles. The molecular formula is C15H19Br2N3. The van der Waals surface area contributed by atoms with E-state index in [1.54, 1.807) is 0 Å². The van der Waals surface area contributed by atoms with Gasteiger partial charge in [0.05, 0.1) is 15.9 Å². The molecule has 0 aliphatic carbocycles. The molecule has 0 aliphatic rings. The molecule has 3 nitrogen and oxygen atoms in total. The van der Waals surface area contributed by atoms with E-state index >= 15 is 0 Å². The molecule has 0 bridgehead atoms. The fraction of sp³-hybridized carbons (Fsp3) is 0.400. The van der Waals surface area contributed by atoms with Gasteiger partial charge in [-0.2, -0.15) is 5.10 Å². The third kappa shape index (κ3) is 3.51. The van der Waals surface area contributed by atoms with Crippen molar-refractivity contribution in [3.63, 3.8) is 0 Å². The van der Waals surface area contributed by atoms with Gasteiger partial charge in [-0.25, -0.2) is 0 Å². The van der Waals surface area contributed by atoms with Gasteiger partial charge in [-0.3, -0.25) is 4.68 Å². The Kier molecular flexibility index (Phi) is 5.41. The van der Waals surface area contributed by atoms with Crippen LogP contribution in [0.3, 0.4) is 0 Å². The molecule has 20 heavy (non-hydrogen) atoms. The van der Waals surface area contributed by atoms with Gasteiger partial charge in [0.1, 0.15) is 0 Å². The quantitative estimate of drug-likeness (QED) is 0.832. The smallest absolute Gasteiger partial charge is 0.0766 e. The van der Waals surface area contributed by atoms with Gasteiger partial charge in [0.2, 0.25) is 0 Å². The molecule has 0 amide bonds. The van der Waals surface area contributed by atoms with E-state index in [1.165, 1.54) is 11.3 Å². The second kappa shape index (κ2) is 6.87. The Hall–Kier alpha value is -0.650. The largest absolute Gasteiger partial charge is 0.327 e. The molecule has 0 aliphatic heterocycles. The van der Waals surface area contributed by atoms with Gasteiger partial charge >= 0.3 is 0 Å². The molecule has 0 fully saturated rings. The van der Waals surface area contributed by atoms with E-state index < -0.39 is 0 Å². The number of halogens is 2. The summed E-state index contributed by atoms with van der Waals surface area (Å²) in [5.74, 6) is 0. The highest BCUT2D eigenvalue weighted by molar-refractivity contribution is 9.10. The van der Waals surface area contributed by atoms with E-state index in [1.807, 2.05) is 23.9 Å². The number of aryl methyl sites for hydroxylation is 2. The van der Waals surface area contributed by atoms with E-state index in [9.17, 15) is 0 Å². The van der Waals surface area contributed by atoms with Gasteiger partial charge in [0, 0.05) is 24.0 Å². The van der Waals surface area contributed by atoms with Gasteiger partial charge in [-0.15, -0.1) is 0 Å². The highest BCUT2D eigenvalue weighted by Gasteiger charge is 2.16. The number of rotatable bonds is 5. The van der Waals surface area contributed by atoms with Crippen molar-refractivity contribution >= 4 is 31.9 Å². The number of benzene rings is 1. The van der Waals surface area contributed by atoms with Crippen LogP contribution in [0.1, 0.15) is 23.9 Å². The lowest BCUT2D eigenvalue weighted by Crippen LogP contribution is -2.27. The predicted molar refractivity (Wildman–Crippen MR) is 89.8 cm³/mol. The molecule has 0 saturated carbocycles. The number of nitrogens with two attached hydrogens (primary N) is 1. The second-order valence-electron chi connectivity index (χ2n) is 4.94. The van der Waals surface area contributed by atoms with Crippen LogP contribution >= 0.6 is 31.9 Å². The van der Waals surface area contributed by atoms with Crippen molar-refractivity contribution < 1.29 is 0 Å². The van der Waals surface area contributed by atoms with E-state index in [4.69, 9.17) is 5.73 Å². The molecular weight excluding hydrogens is 382 g/mol. The van der Waals surface area contributed by atoms with Gasteiger partial charge in [-0.1, -0.05) is 41.1 Å². The van der Waals surface area contributed by atoms with Crippen molar-refractivity contribution in [3.05, 3.63) is 50.2 Å². The highest BCUT2D eigenvalue weighted by atomic mass is 79.9. The Morgan fingerprint density at radius 2 is 1.95 bits per heavy atom. The average molecular weight is 401 g/mol. The monoisotopic (exact) mass is 399 g/mol. The van der Waals surface area contributed by atoms with E-state index in [2.05, 4.69) is 56.0 Å². The van der Waals surface area contributed by atoms with E-state index in [0.717, 1.165) is 33.9 Å². The predicted octanol–water partition coefficient (Wildman–Crippen LogP) is 3.62. The first-order valence-electron chi connectivity index (χ1n) is 6.72. The maximum Gasteiger partial charge on any atom is 0.0766 e. The normalized spacial score (nSPS) is 12.7. The summed E-state index contributed by atoms with van der Waals surface area (Å²) in [4.78, 5) is 0. The Bertz CT molecular complexity index is 593. The van der Waals surface area contributed by atoms with Crippen LogP contribution in [0, 0.1) is 0 Å². The lowest BCUT2D eigenvalue weighted by molar-refractivity contribution is 0.609. The molecule has 2 N–H and O–H groups in total. The van der Waals surface area contributed by atoms with Crippen molar-refractivity contribution in [2.24, 2.45) is 12.8 Å². The van der Waals surface area contributed by atoms with Gasteiger partial charge < -0.3 is 5.73 Å². The Labute approximate surface area is 136 Å². The zero-order valence-corrected chi connectivity index (χ0v) is 14.9. The highest BCUT2D eigenvalue weighted by Crippen LogP contribution is 2.24. The summed E-state index contributed by atoms with van der Waals surface area (Å²) in [6.07, 6.45) is 2.58. The van der Waals surface area contributed by atoms with Gasteiger partial charge in [-0.05, 0) is 40.4 Å². The van der Waals surface area contributed by atoms with Gasteiger partial charge in [0.15, 0.2) is 0 Å². The van der Waals surface area contributed by atoms with Crippen LogP contribution < -0.4 is 5.73 Å². The summed E-state index contributed by atoms with van der Waals surface area (Å²) in [5.41, 5.74) is 9.82. The van der Waals surface area contributed by atoms with Crippen molar-refractivity contribution in [2.45, 2.75) is 32.2 Å². The number of nitrogens with zero attached hydrogens (tertiary/aromatic N) is 2. The van der Waals surface area contributed by atoms with E-state index in [-0.39, 0.29) is 6.04 Å². The molecule has 108 valence electrons. The zero-order valence-electron chi connectivity index (χ0n) is 11.7. The van der Waals surface area contributed by atoms with Crippen LogP contribution in [0.25, 0.3) is 0 Å². The molecule has 1 atom stereocenters. The molecule has 0 spiro atoms. The van der Waals surface area contributed by atoms with Crippen molar-refractivity contribution in [2.75, 3.05) is 0 Å². The molecule has 1 aromatic heterocycles. The number of hydrogen-bond acceptors (Lipinski definition) is 2. The Balaban J connectivity index is 2.11. The minimum absolute atomic E-state index is 0.0742. The minimum atomic E-state index is 0.0742. The lowest BCUT2D eigenvalue weighted by atomic mass is 10.0.